The third-order valence-electron chi connectivity index (χ3n) is 7.64. The van der Waals surface area contributed by atoms with Crippen molar-refractivity contribution >= 4 is 11.7 Å². The van der Waals surface area contributed by atoms with Crippen molar-refractivity contribution in [2.75, 3.05) is 32.2 Å². The zero-order chi connectivity index (χ0) is 18.9. The van der Waals surface area contributed by atoms with Crippen LogP contribution in [0.2, 0.25) is 0 Å². The van der Waals surface area contributed by atoms with Crippen LogP contribution in [-0.2, 0) is 19.7 Å². The van der Waals surface area contributed by atoms with E-state index < -0.39 is 16.6 Å². The number of hydrogen-bond donors (Lipinski definition) is 3. The topological polar surface area (TPSA) is 79.8 Å². The number of carbonyl (C=O) groups excluding carboxylic acids is 1. The van der Waals surface area contributed by atoms with E-state index in [2.05, 4.69) is 22.8 Å². The van der Waals surface area contributed by atoms with Gasteiger partial charge in [-0.3, -0.25) is 4.79 Å². The summed E-state index contributed by atoms with van der Waals surface area (Å²) < 4.78 is 11.8. The van der Waals surface area contributed by atoms with E-state index in [1.165, 1.54) is 7.11 Å². The summed E-state index contributed by atoms with van der Waals surface area (Å²) >= 11 is 0. The van der Waals surface area contributed by atoms with E-state index in [9.17, 15) is 9.90 Å². The molecule has 6 nitrogen and oxygen atoms in total. The number of carbonyl (C=O) groups is 1. The van der Waals surface area contributed by atoms with Crippen LogP contribution in [0.1, 0.15) is 25.3 Å². The van der Waals surface area contributed by atoms with E-state index in [0.717, 1.165) is 23.2 Å². The van der Waals surface area contributed by atoms with Gasteiger partial charge >= 0.3 is 5.97 Å². The van der Waals surface area contributed by atoms with Crippen molar-refractivity contribution in [2.45, 2.75) is 36.9 Å². The van der Waals surface area contributed by atoms with Gasteiger partial charge in [-0.25, -0.2) is 0 Å². The lowest BCUT2D eigenvalue weighted by molar-refractivity contribution is -0.192. The molecule has 0 aromatic heterocycles. The van der Waals surface area contributed by atoms with Crippen LogP contribution >= 0.6 is 0 Å². The van der Waals surface area contributed by atoms with E-state index in [-0.39, 0.29) is 24.5 Å². The molecule has 2 bridgehead atoms. The zero-order valence-electron chi connectivity index (χ0n) is 15.7. The number of para-hydroxylation sites is 1. The van der Waals surface area contributed by atoms with Crippen LogP contribution in [0.3, 0.4) is 0 Å². The predicted octanol–water partition coefficient (Wildman–Crippen LogP) is 1.56. The Morgan fingerprint density at radius 2 is 2.26 bits per heavy atom. The molecular formula is C21H26N2O4. The van der Waals surface area contributed by atoms with Gasteiger partial charge in [-0.2, -0.15) is 0 Å². The van der Waals surface area contributed by atoms with Crippen molar-refractivity contribution in [1.82, 2.24) is 5.32 Å². The van der Waals surface area contributed by atoms with Crippen LogP contribution in [-0.4, -0.2) is 49.7 Å². The fraction of sp³-hybridized carbons (Fsp3) is 0.571. The van der Waals surface area contributed by atoms with Crippen molar-refractivity contribution in [3.63, 3.8) is 0 Å². The molecule has 6 heteroatoms. The number of aliphatic hydroxyl groups is 1. The molecule has 2 saturated heterocycles. The minimum absolute atomic E-state index is 0.0467. The third kappa shape index (κ3) is 1.67. The van der Waals surface area contributed by atoms with E-state index >= 15 is 0 Å². The SMILES string of the molecule is C/C=C1\CN[C@H]2C[C@@H]1[C@](CO)(C(=O)OC)[C@@]13CCO[C@@]21Nc1ccccc13. The van der Waals surface area contributed by atoms with Crippen LogP contribution in [0.5, 0.6) is 0 Å². The number of esters is 1. The molecule has 1 aromatic carbocycles. The van der Waals surface area contributed by atoms with Crippen LogP contribution in [0.15, 0.2) is 35.9 Å². The minimum Gasteiger partial charge on any atom is -0.468 e. The fourth-order valence-electron chi connectivity index (χ4n) is 6.67. The third-order valence-corrected chi connectivity index (χ3v) is 7.64. The second kappa shape index (κ2) is 5.56. The maximum absolute atomic E-state index is 13.5. The standard InChI is InChI=1S/C21H26N2O4/c1-3-13-11-22-17-10-15(13)19(12-24,18(25)26-2)20-8-9-27-21(17,20)23-16-7-5-4-6-14(16)20/h3-7,15,17,22-24H,8-12H2,1-2H3/b13-3+/t15-,17-,19+,20-,21-/m0/s1. The molecule has 0 amide bonds. The van der Waals surface area contributed by atoms with Gasteiger partial charge in [0.2, 0.25) is 0 Å². The van der Waals surface area contributed by atoms with E-state index in [1.807, 2.05) is 25.1 Å². The lowest BCUT2D eigenvalue weighted by atomic mass is 9.44. The van der Waals surface area contributed by atoms with Gasteiger partial charge in [-0.1, -0.05) is 29.8 Å². The van der Waals surface area contributed by atoms with Gasteiger partial charge in [0, 0.05) is 18.2 Å². The van der Waals surface area contributed by atoms with Gasteiger partial charge in [0.05, 0.1) is 31.8 Å². The highest BCUT2D eigenvalue weighted by Gasteiger charge is 2.81. The zero-order valence-corrected chi connectivity index (χ0v) is 15.7. The number of aliphatic hydroxyl groups excluding tert-OH is 1. The first-order valence-electron chi connectivity index (χ1n) is 9.70. The first-order valence-corrected chi connectivity index (χ1v) is 9.70. The second-order valence-electron chi connectivity index (χ2n) is 8.12. The number of nitrogens with one attached hydrogen (secondary N) is 2. The molecule has 3 fully saturated rings. The average Bonchev–Trinajstić information content (AvgIpc) is 3.22. The summed E-state index contributed by atoms with van der Waals surface area (Å²) in [6.45, 7) is 2.96. The highest BCUT2D eigenvalue weighted by Crippen LogP contribution is 2.70. The Balaban J connectivity index is 1.87. The molecule has 27 heavy (non-hydrogen) atoms. The fourth-order valence-corrected chi connectivity index (χ4v) is 6.67. The molecule has 3 heterocycles. The van der Waals surface area contributed by atoms with Crippen LogP contribution in [0, 0.1) is 11.3 Å². The van der Waals surface area contributed by atoms with Gasteiger partial charge in [0.25, 0.3) is 0 Å². The number of piperidine rings is 1. The maximum atomic E-state index is 13.5. The van der Waals surface area contributed by atoms with Crippen molar-refractivity contribution < 1.29 is 19.4 Å². The lowest BCUT2D eigenvalue weighted by Crippen LogP contribution is -2.78. The Bertz CT molecular complexity index is 839. The van der Waals surface area contributed by atoms with Gasteiger partial charge in [-0.05, 0) is 31.4 Å². The van der Waals surface area contributed by atoms with E-state index in [0.29, 0.717) is 19.6 Å². The summed E-state index contributed by atoms with van der Waals surface area (Å²) in [4.78, 5) is 13.5. The molecule has 144 valence electrons. The molecule has 0 spiro atoms. The molecule has 0 radical (unpaired) electrons. The van der Waals surface area contributed by atoms with Crippen LogP contribution in [0.4, 0.5) is 5.69 Å². The van der Waals surface area contributed by atoms with Gasteiger partial charge in [0.15, 0.2) is 5.72 Å². The number of hydrogen-bond acceptors (Lipinski definition) is 6. The summed E-state index contributed by atoms with van der Waals surface area (Å²) in [6.07, 6.45) is 3.46. The molecule has 1 aliphatic carbocycles. The lowest BCUT2D eigenvalue weighted by Gasteiger charge is -2.62. The van der Waals surface area contributed by atoms with Crippen molar-refractivity contribution in [2.24, 2.45) is 11.3 Å². The number of methoxy groups -OCH3 is 1. The maximum Gasteiger partial charge on any atom is 0.315 e. The van der Waals surface area contributed by atoms with E-state index in [4.69, 9.17) is 9.47 Å². The molecule has 0 unspecified atom stereocenters. The summed E-state index contributed by atoms with van der Waals surface area (Å²) in [5.74, 6) is -0.433. The first-order chi connectivity index (χ1) is 13.1. The Morgan fingerprint density at radius 1 is 1.44 bits per heavy atom. The van der Waals surface area contributed by atoms with Crippen molar-refractivity contribution in [1.29, 1.82) is 0 Å². The van der Waals surface area contributed by atoms with Crippen LogP contribution in [0.25, 0.3) is 0 Å². The second-order valence-corrected chi connectivity index (χ2v) is 8.12. The van der Waals surface area contributed by atoms with Gasteiger partial charge in [0.1, 0.15) is 5.41 Å². The van der Waals surface area contributed by atoms with Crippen molar-refractivity contribution in [3.8, 4) is 0 Å². The number of fused-ring (bicyclic) bond motifs is 3. The minimum atomic E-state index is -1.09. The quantitative estimate of drug-likeness (QED) is 0.542. The van der Waals surface area contributed by atoms with Crippen LogP contribution < -0.4 is 10.6 Å². The molecule has 1 saturated carbocycles. The van der Waals surface area contributed by atoms with Gasteiger partial charge < -0.3 is 25.2 Å². The normalized spacial score (nSPS) is 42.9. The monoisotopic (exact) mass is 370 g/mol. The Kier molecular flexibility index (Phi) is 3.55. The van der Waals surface area contributed by atoms with Gasteiger partial charge in [-0.15, -0.1) is 0 Å². The number of rotatable bonds is 2. The smallest absolute Gasteiger partial charge is 0.315 e. The highest BCUT2D eigenvalue weighted by atomic mass is 16.5. The Labute approximate surface area is 158 Å². The number of benzene rings is 1. The summed E-state index contributed by atoms with van der Waals surface area (Å²) in [5, 5.41) is 18.1. The number of ether oxygens (including phenoxy) is 2. The molecule has 1 aromatic rings. The Hall–Kier alpha value is -1.89. The molecular weight excluding hydrogens is 344 g/mol. The van der Waals surface area contributed by atoms with Crippen molar-refractivity contribution in [3.05, 3.63) is 41.5 Å². The predicted molar refractivity (Wildman–Crippen MR) is 100 cm³/mol. The largest absolute Gasteiger partial charge is 0.468 e. The van der Waals surface area contributed by atoms with E-state index in [1.54, 1.807) is 0 Å². The highest BCUT2D eigenvalue weighted by molar-refractivity contribution is 5.85. The molecule has 4 aliphatic rings. The average molecular weight is 370 g/mol. The number of anilines is 1. The molecule has 5 rings (SSSR count). The first kappa shape index (κ1) is 17.2. The molecule has 3 aliphatic heterocycles. The Morgan fingerprint density at radius 3 is 3.00 bits per heavy atom. The molecule has 5 atom stereocenters. The molecule has 3 N–H and O–H groups in total. The summed E-state index contributed by atoms with van der Waals surface area (Å²) in [7, 11) is 1.42. The summed E-state index contributed by atoms with van der Waals surface area (Å²) in [5.41, 5.74) is 0.658. The number of allylic oxidation sites excluding steroid dienone is 1. The summed E-state index contributed by atoms with van der Waals surface area (Å²) in [6, 6.07) is 8.14.